The topological polar surface area (TPSA) is 99.0 Å². The number of carbonyl (C=O) groups is 2. The van der Waals surface area contributed by atoms with Crippen LogP contribution in [0.5, 0.6) is 17.2 Å². The number of hydrogen-bond acceptors (Lipinski definition) is 8. The van der Waals surface area contributed by atoms with Gasteiger partial charge in [-0.2, -0.15) is 0 Å². The van der Waals surface area contributed by atoms with Gasteiger partial charge in [0.2, 0.25) is 11.5 Å². The number of hydrogen-bond donors (Lipinski definition) is 0. The molecule has 1 amide bonds. The van der Waals surface area contributed by atoms with Crippen LogP contribution in [0.2, 0.25) is 5.02 Å². The molecule has 0 N–H and O–H groups in total. The monoisotopic (exact) mass is 709 g/mol. The highest BCUT2D eigenvalue weighted by atomic mass is 35.5. The third-order valence-corrected chi connectivity index (χ3v) is 10.0. The summed E-state index contributed by atoms with van der Waals surface area (Å²) in [5.74, 6) is 1.69. The number of ether oxygens (including phenoxy) is 3. The van der Waals surface area contributed by atoms with E-state index in [1.54, 1.807) is 23.2 Å². The van der Waals surface area contributed by atoms with Crippen molar-refractivity contribution in [1.29, 1.82) is 0 Å². The Morgan fingerprint density at radius 1 is 0.922 bits per heavy atom. The van der Waals surface area contributed by atoms with Gasteiger partial charge < -0.3 is 28.6 Å². The highest BCUT2D eigenvalue weighted by Gasteiger charge is 2.30. The van der Waals surface area contributed by atoms with E-state index in [1.807, 2.05) is 78.3 Å². The molecule has 1 saturated heterocycles. The number of imidazole rings is 1. The number of methoxy groups -OCH3 is 3. The molecule has 0 aliphatic carbocycles. The van der Waals surface area contributed by atoms with E-state index >= 15 is 0 Å². The minimum Gasteiger partial charge on any atom is -0.493 e. The first kappa shape index (κ1) is 35.9. The lowest BCUT2D eigenvalue weighted by Gasteiger charge is -2.33. The number of piperidine rings is 1. The molecule has 51 heavy (non-hydrogen) atoms. The Morgan fingerprint density at radius 3 is 2.25 bits per heavy atom. The molecule has 2 aromatic heterocycles. The maximum Gasteiger partial charge on any atom is 0.253 e. The van der Waals surface area contributed by atoms with E-state index in [0.717, 1.165) is 61.2 Å². The molecule has 5 aromatic rings. The predicted octanol–water partition coefficient (Wildman–Crippen LogP) is 7.00. The van der Waals surface area contributed by atoms with Gasteiger partial charge in [0, 0.05) is 42.2 Å². The second kappa shape index (κ2) is 16.4. The summed E-state index contributed by atoms with van der Waals surface area (Å²) in [5.41, 5.74) is 4.19. The first-order chi connectivity index (χ1) is 24.8. The number of amides is 1. The van der Waals surface area contributed by atoms with Crippen molar-refractivity contribution in [1.82, 2.24) is 24.3 Å². The first-order valence-electron chi connectivity index (χ1n) is 17.2. The molecule has 3 aromatic carbocycles. The fourth-order valence-electron chi connectivity index (χ4n) is 6.95. The molecule has 0 saturated carbocycles. The lowest BCUT2D eigenvalue weighted by molar-refractivity contribution is 0.0778. The second-order valence-electron chi connectivity index (χ2n) is 12.9. The van der Waals surface area contributed by atoms with Crippen LogP contribution in [0.1, 0.15) is 57.4 Å². The van der Waals surface area contributed by atoms with Crippen molar-refractivity contribution in [2.75, 3.05) is 54.6 Å². The van der Waals surface area contributed by atoms with Crippen molar-refractivity contribution in [2.45, 2.75) is 31.7 Å². The number of likely N-dealkylation sites (tertiary alicyclic amines) is 1. The molecular weight excluding hydrogens is 666 g/mol. The molecule has 0 bridgehead atoms. The van der Waals surface area contributed by atoms with Gasteiger partial charge >= 0.3 is 0 Å². The molecule has 1 fully saturated rings. The smallest absolute Gasteiger partial charge is 0.253 e. The number of fused-ring (bicyclic) bond motifs is 1. The fraction of sp³-hybridized carbons (Fsp3) is 0.350. The third-order valence-electron chi connectivity index (χ3n) is 9.77. The van der Waals surface area contributed by atoms with E-state index in [1.165, 1.54) is 21.3 Å². The number of nitrogens with zero attached hydrogens (tertiary/aromatic N) is 5. The molecule has 266 valence electrons. The number of carbonyl (C=O) groups excluding carboxylic acids is 2. The van der Waals surface area contributed by atoms with E-state index in [4.69, 9.17) is 30.8 Å². The zero-order valence-electron chi connectivity index (χ0n) is 29.5. The summed E-state index contributed by atoms with van der Waals surface area (Å²) in [6.45, 7) is 3.44. The van der Waals surface area contributed by atoms with Crippen LogP contribution in [-0.4, -0.2) is 90.6 Å². The Morgan fingerprint density at radius 2 is 1.61 bits per heavy atom. The van der Waals surface area contributed by atoms with E-state index in [2.05, 4.69) is 9.88 Å². The molecule has 1 aliphatic heterocycles. The van der Waals surface area contributed by atoms with Gasteiger partial charge in [0.05, 0.1) is 44.6 Å². The number of halogens is 1. The van der Waals surface area contributed by atoms with Crippen LogP contribution in [0.4, 0.5) is 0 Å². The van der Waals surface area contributed by atoms with Gasteiger partial charge in [-0.15, -0.1) is 0 Å². The van der Waals surface area contributed by atoms with Crippen LogP contribution in [-0.2, 0) is 6.54 Å². The maximum atomic E-state index is 14.0. The molecule has 0 spiro atoms. The predicted molar refractivity (Wildman–Crippen MR) is 198 cm³/mol. The van der Waals surface area contributed by atoms with Crippen LogP contribution >= 0.6 is 11.6 Å². The normalized spacial score (nSPS) is 14.3. The zero-order valence-corrected chi connectivity index (χ0v) is 30.3. The van der Waals surface area contributed by atoms with Crippen LogP contribution in [0.3, 0.4) is 0 Å². The lowest BCUT2D eigenvalue weighted by Crippen LogP contribution is -2.38. The summed E-state index contributed by atoms with van der Waals surface area (Å²) in [6, 6.07) is 24.9. The Bertz CT molecular complexity index is 1930. The standard InChI is InChI=1S/C40H44ClN5O5/c1-44(40(48)30-23-35(49-2)38(51-4)36(24-30)50-3)25-29(27-12-14-31(41)15-13-27)18-22-45-20-16-28(17-21-45)37(47)39-43-33-10-5-6-11-34(33)46(39)26-32-9-7-8-19-42-32/h5-15,19,23-24,28-29H,16-18,20-22,25-26H2,1-4H3. The Kier molecular flexibility index (Phi) is 11.5. The SMILES string of the molecule is COc1cc(C(=O)N(C)CC(CCN2CCC(C(=O)c3nc4ccccc4n3Cc3ccccn3)CC2)c2ccc(Cl)cc2)cc(OC)c1OC. The van der Waals surface area contributed by atoms with Gasteiger partial charge in [-0.3, -0.25) is 14.6 Å². The Balaban J connectivity index is 1.12. The van der Waals surface area contributed by atoms with E-state index in [-0.39, 0.29) is 23.5 Å². The minimum atomic E-state index is -0.151. The number of para-hydroxylation sites is 2. The second-order valence-corrected chi connectivity index (χ2v) is 13.4. The zero-order chi connectivity index (χ0) is 35.9. The summed E-state index contributed by atoms with van der Waals surface area (Å²) in [6.07, 6.45) is 4.12. The quantitative estimate of drug-likeness (QED) is 0.114. The fourth-order valence-corrected chi connectivity index (χ4v) is 7.08. The number of likely N-dealkylation sites (N-methyl/N-ethyl adjacent to an activating group) is 1. The average Bonchev–Trinajstić information content (AvgIpc) is 3.54. The number of Topliss-reactive ketones (excluding diaryl/α,β-unsaturated/α-hetero) is 1. The Labute approximate surface area is 303 Å². The van der Waals surface area contributed by atoms with Crippen molar-refractivity contribution in [3.63, 3.8) is 0 Å². The van der Waals surface area contributed by atoms with Crippen molar-refractivity contribution in [2.24, 2.45) is 5.92 Å². The molecule has 11 heteroatoms. The molecule has 3 heterocycles. The lowest BCUT2D eigenvalue weighted by atomic mass is 9.90. The molecule has 0 radical (unpaired) electrons. The molecular formula is C40H44ClN5O5. The summed E-state index contributed by atoms with van der Waals surface area (Å²) >= 11 is 6.25. The van der Waals surface area contributed by atoms with Crippen molar-refractivity contribution in [3.8, 4) is 17.2 Å². The maximum absolute atomic E-state index is 14.0. The van der Waals surface area contributed by atoms with E-state index in [0.29, 0.717) is 46.7 Å². The van der Waals surface area contributed by atoms with Gasteiger partial charge in [-0.1, -0.05) is 41.9 Å². The first-order valence-corrected chi connectivity index (χ1v) is 17.6. The Hall–Kier alpha value is -4.93. The third kappa shape index (κ3) is 8.18. The molecule has 1 aliphatic rings. The van der Waals surface area contributed by atoms with E-state index < -0.39 is 0 Å². The molecule has 10 nitrogen and oxygen atoms in total. The summed E-state index contributed by atoms with van der Waals surface area (Å²) in [4.78, 5) is 41.2. The number of rotatable bonds is 14. The largest absolute Gasteiger partial charge is 0.493 e. The molecule has 1 unspecified atom stereocenters. The van der Waals surface area contributed by atoms with Crippen molar-refractivity contribution in [3.05, 3.63) is 113 Å². The van der Waals surface area contributed by atoms with Crippen LogP contribution in [0, 0.1) is 5.92 Å². The van der Waals surface area contributed by atoms with Gasteiger partial charge in [0.15, 0.2) is 17.3 Å². The van der Waals surface area contributed by atoms with Gasteiger partial charge in [-0.05, 0) is 93.0 Å². The highest BCUT2D eigenvalue weighted by Crippen LogP contribution is 2.38. The average molecular weight is 710 g/mol. The van der Waals surface area contributed by atoms with Gasteiger partial charge in [0.25, 0.3) is 5.91 Å². The minimum absolute atomic E-state index is 0.0594. The molecule has 6 rings (SSSR count). The van der Waals surface area contributed by atoms with Gasteiger partial charge in [0.1, 0.15) is 0 Å². The van der Waals surface area contributed by atoms with Crippen LogP contribution in [0.25, 0.3) is 11.0 Å². The van der Waals surface area contributed by atoms with Crippen LogP contribution in [0.15, 0.2) is 85.1 Å². The van der Waals surface area contributed by atoms with E-state index in [9.17, 15) is 9.59 Å². The van der Waals surface area contributed by atoms with Crippen LogP contribution < -0.4 is 14.2 Å². The van der Waals surface area contributed by atoms with Crippen molar-refractivity contribution < 1.29 is 23.8 Å². The summed E-state index contributed by atoms with van der Waals surface area (Å²) in [5, 5.41) is 0.666. The number of pyridine rings is 1. The summed E-state index contributed by atoms with van der Waals surface area (Å²) < 4.78 is 18.4. The number of benzene rings is 3. The van der Waals surface area contributed by atoms with Crippen molar-refractivity contribution >= 4 is 34.3 Å². The number of aromatic nitrogens is 3. The molecule has 1 atom stereocenters. The highest BCUT2D eigenvalue weighted by molar-refractivity contribution is 6.30. The number of ketones is 1. The van der Waals surface area contributed by atoms with Gasteiger partial charge in [-0.25, -0.2) is 4.98 Å². The summed E-state index contributed by atoms with van der Waals surface area (Å²) in [7, 11) is 6.41.